The average molecular weight is 276 g/mol. The number of hydrogen-bond acceptors (Lipinski definition) is 4. The molecule has 2 atom stereocenters. The molecule has 0 aromatic carbocycles. The van der Waals surface area contributed by atoms with Crippen LogP contribution in [-0.2, 0) is 0 Å². The first-order valence-corrected chi connectivity index (χ1v) is 8.43. The lowest BCUT2D eigenvalue weighted by atomic mass is 9.81. The Kier molecular flexibility index (Phi) is 4.27. The zero-order valence-corrected chi connectivity index (χ0v) is 12.9. The number of nitrogens with zero attached hydrogens (tertiary/aromatic N) is 2. The third-order valence-corrected chi connectivity index (χ3v) is 5.12. The molecular weight excluding hydrogens is 248 g/mol. The van der Waals surface area contributed by atoms with E-state index in [1.165, 1.54) is 37.4 Å². The van der Waals surface area contributed by atoms with E-state index in [1.54, 1.807) is 0 Å². The SMILES string of the molecule is CCC1CNC(C2CCC(C3=NC(CC)CN3)CC2)=N1. The molecule has 1 saturated carbocycles. The second-order valence-corrected chi connectivity index (χ2v) is 6.46. The van der Waals surface area contributed by atoms with Crippen molar-refractivity contribution in [2.75, 3.05) is 13.1 Å². The highest BCUT2D eigenvalue weighted by Crippen LogP contribution is 2.31. The Morgan fingerprint density at radius 2 is 1.20 bits per heavy atom. The van der Waals surface area contributed by atoms with Crippen molar-refractivity contribution in [1.82, 2.24) is 10.6 Å². The topological polar surface area (TPSA) is 48.8 Å². The van der Waals surface area contributed by atoms with Gasteiger partial charge in [-0.05, 0) is 38.5 Å². The van der Waals surface area contributed by atoms with E-state index in [9.17, 15) is 0 Å². The van der Waals surface area contributed by atoms with Crippen LogP contribution in [0.25, 0.3) is 0 Å². The molecule has 0 aromatic rings. The van der Waals surface area contributed by atoms with Gasteiger partial charge in [0.15, 0.2) is 0 Å². The Bertz CT molecular complexity index is 355. The summed E-state index contributed by atoms with van der Waals surface area (Å²) in [6, 6.07) is 1.04. The van der Waals surface area contributed by atoms with E-state index in [0.29, 0.717) is 23.9 Å². The van der Waals surface area contributed by atoms with Gasteiger partial charge in [0, 0.05) is 24.9 Å². The highest BCUT2D eigenvalue weighted by molar-refractivity contribution is 5.88. The van der Waals surface area contributed by atoms with Gasteiger partial charge in [0.1, 0.15) is 0 Å². The fourth-order valence-electron chi connectivity index (χ4n) is 3.63. The molecule has 4 nitrogen and oxygen atoms in total. The predicted octanol–water partition coefficient (Wildman–Crippen LogP) is 2.35. The van der Waals surface area contributed by atoms with Crippen LogP contribution in [0.3, 0.4) is 0 Å². The fraction of sp³-hybridized carbons (Fsp3) is 0.875. The summed E-state index contributed by atoms with van der Waals surface area (Å²) in [7, 11) is 0. The summed E-state index contributed by atoms with van der Waals surface area (Å²) in [4.78, 5) is 9.68. The highest BCUT2D eigenvalue weighted by atomic mass is 15.1. The van der Waals surface area contributed by atoms with Crippen LogP contribution in [0, 0.1) is 11.8 Å². The van der Waals surface area contributed by atoms with Gasteiger partial charge in [-0.3, -0.25) is 9.98 Å². The molecule has 0 saturated heterocycles. The molecule has 0 bridgehead atoms. The van der Waals surface area contributed by atoms with Crippen LogP contribution in [0.2, 0.25) is 0 Å². The summed E-state index contributed by atoms with van der Waals surface area (Å²) in [5.74, 6) is 3.93. The maximum absolute atomic E-state index is 4.84. The predicted molar refractivity (Wildman–Crippen MR) is 84.5 cm³/mol. The van der Waals surface area contributed by atoms with Gasteiger partial charge in [0.2, 0.25) is 0 Å². The minimum atomic E-state index is 0.522. The monoisotopic (exact) mass is 276 g/mol. The van der Waals surface area contributed by atoms with Gasteiger partial charge >= 0.3 is 0 Å². The van der Waals surface area contributed by atoms with Crippen molar-refractivity contribution in [3.63, 3.8) is 0 Å². The summed E-state index contributed by atoms with van der Waals surface area (Å²) < 4.78 is 0. The summed E-state index contributed by atoms with van der Waals surface area (Å²) in [5, 5.41) is 7.06. The largest absolute Gasteiger partial charge is 0.371 e. The molecule has 2 heterocycles. The first-order chi connectivity index (χ1) is 9.80. The molecule has 0 spiro atoms. The Labute approximate surface area is 122 Å². The molecule has 3 rings (SSSR count). The Hall–Kier alpha value is -1.06. The third kappa shape index (κ3) is 2.84. The molecule has 112 valence electrons. The Morgan fingerprint density at radius 1 is 0.800 bits per heavy atom. The van der Waals surface area contributed by atoms with Gasteiger partial charge in [0.05, 0.1) is 23.8 Å². The average Bonchev–Trinajstić information content (AvgIpc) is 3.16. The van der Waals surface area contributed by atoms with Gasteiger partial charge in [-0.2, -0.15) is 0 Å². The lowest BCUT2D eigenvalue weighted by Crippen LogP contribution is -2.35. The molecule has 1 aliphatic carbocycles. The first-order valence-electron chi connectivity index (χ1n) is 8.43. The molecule has 0 amide bonds. The standard InChI is InChI=1S/C16H28N4/c1-3-13-9-17-15(19-13)11-5-7-12(8-6-11)16-18-10-14(4-2)20-16/h11-14H,3-10H2,1-2H3,(H,17,19)(H,18,20). The maximum atomic E-state index is 4.84. The second-order valence-electron chi connectivity index (χ2n) is 6.46. The van der Waals surface area contributed by atoms with E-state index in [1.807, 2.05) is 0 Å². The molecule has 4 heteroatoms. The minimum Gasteiger partial charge on any atom is -0.371 e. The normalized spacial score (nSPS) is 37.1. The summed E-state index contributed by atoms with van der Waals surface area (Å²) in [6.45, 7) is 6.56. The van der Waals surface area contributed by atoms with Crippen molar-refractivity contribution < 1.29 is 0 Å². The van der Waals surface area contributed by atoms with E-state index in [0.717, 1.165) is 25.9 Å². The van der Waals surface area contributed by atoms with Gasteiger partial charge in [0.25, 0.3) is 0 Å². The molecule has 2 aliphatic heterocycles. The second kappa shape index (κ2) is 6.15. The van der Waals surface area contributed by atoms with Gasteiger partial charge in [-0.15, -0.1) is 0 Å². The number of hydrogen-bond donors (Lipinski definition) is 2. The highest BCUT2D eigenvalue weighted by Gasteiger charge is 2.31. The molecule has 20 heavy (non-hydrogen) atoms. The van der Waals surface area contributed by atoms with Gasteiger partial charge < -0.3 is 10.6 Å². The first kappa shape index (κ1) is 13.9. The summed E-state index contributed by atoms with van der Waals surface area (Å²) in [5.41, 5.74) is 0. The third-order valence-electron chi connectivity index (χ3n) is 5.12. The van der Waals surface area contributed by atoms with Gasteiger partial charge in [-0.25, -0.2) is 0 Å². The van der Waals surface area contributed by atoms with Crippen LogP contribution in [-0.4, -0.2) is 36.8 Å². The van der Waals surface area contributed by atoms with E-state index in [2.05, 4.69) is 24.5 Å². The smallest absolute Gasteiger partial charge is 0.0999 e. The quantitative estimate of drug-likeness (QED) is 0.828. The zero-order valence-electron chi connectivity index (χ0n) is 12.9. The Balaban J connectivity index is 1.53. The lowest BCUT2D eigenvalue weighted by molar-refractivity contribution is 0.381. The molecular formula is C16H28N4. The van der Waals surface area contributed by atoms with Crippen molar-refractivity contribution in [3.8, 4) is 0 Å². The number of aliphatic imine (C=N–C) groups is 2. The molecule has 2 N–H and O–H groups in total. The zero-order chi connectivity index (χ0) is 13.9. The van der Waals surface area contributed by atoms with Crippen molar-refractivity contribution in [3.05, 3.63) is 0 Å². The molecule has 3 aliphatic rings. The van der Waals surface area contributed by atoms with Crippen molar-refractivity contribution in [1.29, 1.82) is 0 Å². The van der Waals surface area contributed by atoms with Crippen LogP contribution in [0.1, 0.15) is 52.4 Å². The molecule has 0 aromatic heterocycles. The molecule has 1 fully saturated rings. The molecule has 0 radical (unpaired) electrons. The van der Waals surface area contributed by atoms with E-state index < -0.39 is 0 Å². The summed E-state index contributed by atoms with van der Waals surface area (Å²) >= 11 is 0. The van der Waals surface area contributed by atoms with Crippen LogP contribution in [0.5, 0.6) is 0 Å². The van der Waals surface area contributed by atoms with Crippen molar-refractivity contribution in [2.45, 2.75) is 64.5 Å². The maximum Gasteiger partial charge on any atom is 0.0999 e. The van der Waals surface area contributed by atoms with Gasteiger partial charge in [-0.1, -0.05) is 13.8 Å². The van der Waals surface area contributed by atoms with E-state index >= 15 is 0 Å². The van der Waals surface area contributed by atoms with Crippen LogP contribution in [0.4, 0.5) is 0 Å². The van der Waals surface area contributed by atoms with Crippen molar-refractivity contribution >= 4 is 11.7 Å². The van der Waals surface area contributed by atoms with Crippen LogP contribution < -0.4 is 10.6 Å². The number of amidine groups is 2. The minimum absolute atomic E-state index is 0.522. The van der Waals surface area contributed by atoms with Crippen LogP contribution in [0.15, 0.2) is 9.98 Å². The summed E-state index contributed by atoms with van der Waals surface area (Å²) in [6.07, 6.45) is 7.39. The number of nitrogens with one attached hydrogen (secondary N) is 2. The van der Waals surface area contributed by atoms with Crippen molar-refractivity contribution in [2.24, 2.45) is 21.8 Å². The number of rotatable bonds is 4. The van der Waals surface area contributed by atoms with E-state index in [4.69, 9.17) is 9.98 Å². The fourth-order valence-corrected chi connectivity index (χ4v) is 3.63. The lowest BCUT2D eigenvalue weighted by Gasteiger charge is -2.28. The molecule has 2 unspecified atom stereocenters. The van der Waals surface area contributed by atoms with E-state index in [-0.39, 0.29) is 0 Å². The Morgan fingerprint density at radius 3 is 1.50 bits per heavy atom. The van der Waals surface area contributed by atoms with Crippen LogP contribution >= 0.6 is 0 Å².